The van der Waals surface area contributed by atoms with Crippen LogP contribution in [0, 0.1) is 11.8 Å². The number of nitrogens with one attached hydrogen (secondary N) is 1. The van der Waals surface area contributed by atoms with Crippen LogP contribution >= 0.6 is 0 Å². The molecule has 3 atom stereocenters. The van der Waals surface area contributed by atoms with Crippen molar-refractivity contribution in [2.75, 3.05) is 13.2 Å². The van der Waals surface area contributed by atoms with Crippen molar-refractivity contribution in [3.8, 4) is 0 Å². The first-order valence-electron chi connectivity index (χ1n) is 8.04. The van der Waals surface area contributed by atoms with Crippen LogP contribution in [0.4, 0.5) is 0 Å². The van der Waals surface area contributed by atoms with E-state index < -0.39 is 0 Å². The Morgan fingerprint density at radius 2 is 1.89 bits per heavy atom. The summed E-state index contributed by atoms with van der Waals surface area (Å²) in [5.41, 5.74) is 0. The van der Waals surface area contributed by atoms with Gasteiger partial charge in [0.25, 0.3) is 0 Å². The fourth-order valence-electron chi connectivity index (χ4n) is 3.23. The van der Waals surface area contributed by atoms with E-state index in [2.05, 4.69) is 33.0 Å². The summed E-state index contributed by atoms with van der Waals surface area (Å²) in [4.78, 5) is 0. The molecule has 1 aliphatic rings. The maximum Gasteiger partial charge on any atom is 0.0625 e. The first-order valence-corrected chi connectivity index (χ1v) is 8.04. The Balaban J connectivity index is 2.54. The molecule has 0 aromatic heterocycles. The van der Waals surface area contributed by atoms with Crippen molar-refractivity contribution in [2.45, 2.75) is 78.4 Å². The molecule has 0 heterocycles. The minimum atomic E-state index is 0.347. The summed E-state index contributed by atoms with van der Waals surface area (Å²) in [6.45, 7) is 10.9. The zero-order valence-electron chi connectivity index (χ0n) is 12.9. The fraction of sp³-hybridized carbons (Fsp3) is 1.00. The van der Waals surface area contributed by atoms with Gasteiger partial charge in [-0.25, -0.2) is 0 Å². The van der Waals surface area contributed by atoms with E-state index in [4.69, 9.17) is 4.74 Å². The Morgan fingerprint density at radius 1 is 1.17 bits per heavy atom. The van der Waals surface area contributed by atoms with Crippen LogP contribution < -0.4 is 5.32 Å². The second-order valence-electron chi connectivity index (χ2n) is 6.06. The Bertz CT molecular complexity index is 205. The van der Waals surface area contributed by atoms with Gasteiger partial charge in [0, 0.05) is 6.04 Å². The van der Waals surface area contributed by atoms with Crippen molar-refractivity contribution in [3.63, 3.8) is 0 Å². The Morgan fingerprint density at radius 3 is 2.50 bits per heavy atom. The van der Waals surface area contributed by atoms with E-state index >= 15 is 0 Å². The molecule has 18 heavy (non-hydrogen) atoms. The number of hydrogen-bond donors (Lipinski definition) is 1. The van der Waals surface area contributed by atoms with Crippen LogP contribution in [0.2, 0.25) is 0 Å². The highest BCUT2D eigenvalue weighted by atomic mass is 16.5. The molecule has 0 amide bonds. The maximum absolute atomic E-state index is 5.88. The SMILES string of the molecule is CCCNC(COC(C)C)C1CCCCC1CC. The molecule has 0 aliphatic heterocycles. The van der Waals surface area contributed by atoms with Gasteiger partial charge in [0.2, 0.25) is 0 Å². The van der Waals surface area contributed by atoms with Gasteiger partial charge in [-0.3, -0.25) is 0 Å². The average molecular weight is 255 g/mol. The van der Waals surface area contributed by atoms with Gasteiger partial charge in [0.05, 0.1) is 12.7 Å². The molecule has 1 saturated carbocycles. The van der Waals surface area contributed by atoms with Crippen molar-refractivity contribution in [3.05, 3.63) is 0 Å². The van der Waals surface area contributed by atoms with Crippen molar-refractivity contribution in [1.29, 1.82) is 0 Å². The highest BCUT2D eigenvalue weighted by molar-refractivity contribution is 4.84. The smallest absolute Gasteiger partial charge is 0.0625 e. The minimum Gasteiger partial charge on any atom is -0.377 e. The van der Waals surface area contributed by atoms with Gasteiger partial charge in [0.1, 0.15) is 0 Å². The summed E-state index contributed by atoms with van der Waals surface area (Å²) in [5.74, 6) is 1.73. The molecule has 0 spiro atoms. The van der Waals surface area contributed by atoms with E-state index in [0.29, 0.717) is 12.1 Å². The molecule has 0 aromatic rings. The Kier molecular flexibility index (Phi) is 7.92. The summed E-state index contributed by atoms with van der Waals surface area (Å²) >= 11 is 0. The fourth-order valence-corrected chi connectivity index (χ4v) is 3.23. The number of ether oxygens (including phenoxy) is 1. The monoisotopic (exact) mass is 255 g/mol. The van der Waals surface area contributed by atoms with E-state index in [1.807, 2.05) is 0 Å². The van der Waals surface area contributed by atoms with Crippen LogP contribution in [-0.4, -0.2) is 25.3 Å². The van der Waals surface area contributed by atoms with E-state index in [1.165, 1.54) is 38.5 Å². The summed E-state index contributed by atoms with van der Waals surface area (Å²) < 4.78 is 5.88. The zero-order chi connectivity index (χ0) is 13.4. The van der Waals surface area contributed by atoms with Crippen molar-refractivity contribution in [2.24, 2.45) is 11.8 Å². The topological polar surface area (TPSA) is 21.3 Å². The average Bonchev–Trinajstić information content (AvgIpc) is 2.38. The molecule has 1 fully saturated rings. The van der Waals surface area contributed by atoms with Gasteiger partial charge in [-0.2, -0.15) is 0 Å². The third kappa shape index (κ3) is 5.27. The lowest BCUT2D eigenvalue weighted by Crippen LogP contribution is -2.45. The van der Waals surface area contributed by atoms with Gasteiger partial charge >= 0.3 is 0 Å². The van der Waals surface area contributed by atoms with Crippen molar-refractivity contribution >= 4 is 0 Å². The molecule has 3 unspecified atom stereocenters. The largest absolute Gasteiger partial charge is 0.377 e. The lowest BCUT2D eigenvalue weighted by Gasteiger charge is -2.37. The number of rotatable bonds is 8. The summed E-state index contributed by atoms with van der Waals surface area (Å²) in [6, 6.07) is 0.567. The second kappa shape index (κ2) is 8.92. The lowest BCUT2D eigenvalue weighted by molar-refractivity contribution is 0.0311. The predicted octanol–water partition coefficient (Wildman–Crippen LogP) is 4.00. The summed E-state index contributed by atoms with van der Waals surface area (Å²) in [7, 11) is 0. The Hall–Kier alpha value is -0.0800. The van der Waals surface area contributed by atoms with Crippen LogP contribution in [0.15, 0.2) is 0 Å². The molecule has 0 radical (unpaired) electrons. The van der Waals surface area contributed by atoms with Crippen LogP contribution in [-0.2, 0) is 4.74 Å². The molecule has 1 rings (SSSR count). The third-order valence-electron chi connectivity index (χ3n) is 4.27. The van der Waals surface area contributed by atoms with E-state index in [1.54, 1.807) is 0 Å². The van der Waals surface area contributed by atoms with Crippen molar-refractivity contribution in [1.82, 2.24) is 5.32 Å². The third-order valence-corrected chi connectivity index (χ3v) is 4.27. The molecule has 0 saturated heterocycles. The highest BCUT2D eigenvalue weighted by Gasteiger charge is 2.30. The van der Waals surface area contributed by atoms with E-state index in [-0.39, 0.29) is 0 Å². The van der Waals surface area contributed by atoms with Gasteiger partial charge in [-0.15, -0.1) is 0 Å². The van der Waals surface area contributed by atoms with Crippen LogP contribution in [0.1, 0.15) is 66.2 Å². The summed E-state index contributed by atoms with van der Waals surface area (Å²) in [6.07, 6.45) is 8.54. The highest BCUT2D eigenvalue weighted by Crippen LogP contribution is 2.34. The van der Waals surface area contributed by atoms with Crippen LogP contribution in [0.5, 0.6) is 0 Å². The van der Waals surface area contributed by atoms with Gasteiger partial charge < -0.3 is 10.1 Å². The van der Waals surface area contributed by atoms with E-state index in [9.17, 15) is 0 Å². The molecular weight excluding hydrogens is 222 g/mol. The first-order chi connectivity index (χ1) is 8.69. The van der Waals surface area contributed by atoms with Gasteiger partial charge in [0.15, 0.2) is 0 Å². The molecule has 1 N–H and O–H groups in total. The summed E-state index contributed by atoms with van der Waals surface area (Å²) in [5, 5.41) is 3.73. The van der Waals surface area contributed by atoms with Gasteiger partial charge in [-0.05, 0) is 45.1 Å². The Labute approximate surface area is 114 Å². The standard InChI is InChI=1S/C16H33NO/c1-5-11-17-16(12-18-13(3)4)15-10-8-7-9-14(15)6-2/h13-17H,5-12H2,1-4H3. The van der Waals surface area contributed by atoms with Crippen molar-refractivity contribution < 1.29 is 4.74 Å². The normalized spacial score (nSPS) is 26.5. The molecule has 0 aromatic carbocycles. The molecule has 108 valence electrons. The molecule has 2 nitrogen and oxygen atoms in total. The zero-order valence-corrected chi connectivity index (χ0v) is 12.9. The number of hydrogen-bond acceptors (Lipinski definition) is 2. The van der Waals surface area contributed by atoms with Gasteiger partial charge in [-0.1, -0.05) is 39.5 Å². The minimum absolute atomic E-state index is 0.347. The predicted molar refractivity (Wildman–Crippen MR) is 78.9 cm³/mol. The van der Waals surface area contributed by atoms with Crippen LogP contribution in [0.3, 0.4) is 0 Å². The molecule has 2 heteroatoms. The molecule has 1 aliphatic carbocycles. The van der Waals surface area contributed by atoms with Crippen LogP contribution in [0.25, 0.3) is 0 Å². The van der Waals surface area contributed by atoms with E-state index in [0.717, 1.165) is 25.0 Å². The maximum atomic E-state index is 5.88. The first kappa shape index (κ1) is 16.0. The molecular formula is C16H33NO. The molecule has 0 bridgehead atoms. The lowest BCUT2D eigenvalue weighted by atomic mass is 9.74. The second-order valence-corrected chi connectivity index (χ2v) is 6.06. The quantitative estimate of drug-likeness (QED) is 0.708.